The van der Waals surface area contributed by atoms with E-state index in [1.54, 1.807) is 10.9 Å². The van der Waals surface area contributed by atoms with Crippen molar-refractivity contribution in [2.75, 3.05) is 0 Å². The van der Waals surface area contributed by atoms with E-state index in [1.165, 1.54) is 6.20 Å². The van der Waals surface area contributed by atoms with Gasteiger partial charge in [-0.3, -0.25) is 14.3 Å². The van der Waals surface area contributed by atoms with Gasteiger partial charge in [0.05, 0.1) is 17.7 Å². The molecule has 1 aliphatic carbocycles. The standard InChI is InChI=1S/C14H21N3O3/c1-2-17-9-10(8-15-17)13(18)16-12-7-5-3-4-6-11(12)14(19)20/h8-9,11-12H,2-7H2,1H3,(H,16,18)(H,19,20)/t11-,12+/m1/s1. The third kappa shape index (κ3) is 3.37. The molecule has 0 unspecified atom stereocenters. The predicted molar refractivity (Wildman–Crippen MR) is 73.4 cm³/mol. The molecule has 1 heterocycles. The molecular formula is C14H21N3O3. The highest BCUT2D eigenvalue weighted by Gasteiger charge is 2.30. The Balaban J connectivity index is 2.05. The van der Waals surface area contributed by atoms with E-state index >= 15 is 0 Å². The van der Waals surface area contributed by atoms with Crippen molar-refractivity contribution in [1.82, 2.24) is 15.1 Å². The summed E-state index contributed by atoms with van der Waals surface area (Å²) in [7, 11) is 0. The molecule has 6 nitrogen and oxygen atoms in total. The molecule has 2 rings (SSSR count). The maximum Gasteiger partial charge on any atom is 0.308 e. The Morgan fingerprint density at radius 3 is 2.80 bits per heavy atom. The zero-order valence-corrected chi connectivity index (χ0v) is 11.7. The molecule has 0 saturated heterocycles. The van der Waals surface area contributed by atoms with E-state index in [1.807, 2.05) is 6.92 Å². The first-order valence-electron chi connectivity index (χ1n) is 7.18. The van der Waals surface area contributed by atoms with Crippen molar-refractivity contribution in [3.05, 3.63) is 18.0 Å². The van der Waals surface area contributed by atoms with Crippen LogP contribution in [0.1, 0.15) is 49.4 Å². The lowest BCUT2D eigenvalue weighted by atomic mass is 9.94. The number of hydrogen-bond acceptors (Lipinski definition) is 3. The van der Waals surface area contributed by atoms with Crippen molar-refractivity contribution >= 4 is 11.9 Å². The summed E-state index contributed by atoms with van der Waals surface area (Å²) >= 11 is 0. The van der Waals surface area contributed by atoms with Gasteiger partial charge in [-0.05, 0) is 19.8 Å². The van der Waals surface area contributed by atoms with Gasteiger partial charge in [-0.25, -0.2) is 0 Å². The van der Waals surface area contributed by atoms with Crippen LogP contribution < -0.4 is 5.32 Å². The number of carboxylic acids is 1. The van der Waals surface area contributed by atoms with Crippen LogP contribution >= 0.6 is 0 Å². The lowest BCUT2D eigenvalue weighted by molar-refractivity contribution is -0.142. The minimum Gasteiger partial charge on any atom is -0.481 e. The van der Waals surface area contributed by atoms with Crippen LogP contribution in [0.15, 0.2) is 12.4 Å². The number of carbonyl (C=O) groups is 2. The number of carboxylic acid groups (broad SMARTS) is 1. The molecule has 2 N–H and O–H groups in total. The third-order valence-electron chi connectivity index (χ3n) is 3.87. The average Bonchev–Trinajstić information content (AvgIpc) is 2.79. The monoisotopic (exact) mass is 279 g/mol. The summed E-state index contributed by atoms with van der Waals surface area (Å²) < 4.78 is 1.68. The minimum atomic E-state index is -0.818. The molecule has 1 fully saturated rings. The van der Waals surface area contributed by atoms with Crippen LogP contribution in [0.4, 0.5) is 0 Å². The Morgan fingerprint density at radius 1 is 1.40 bits per heavy atom. The molecule has 6 heteroatoms. The van der Waals surface area contributed by atoms with E-state index < -0.39 is 11.9 Å². The Morgan fingerprint density at radius 2 is 2.15 bits per heavy atom. The Kier molecular flexibility index (Phi) is 4.76. The van der Waals surface area contributed by atoms with Crippen LogP contribution in [0.2, 0.25) is 0 Å². The molecule has 0 aliphatic heterocycles. The van der Waals surface area contributed by atoms with Crippen LogP contribution in [0.5, 0.6) is 0 Å². The SMILES string of the molecule is CCn1cc(C(=O)N[C@H]2CCCCC[C@H]2C(=O)O)cn1. The number of rotatable bonds is 4. The molecule has 0 radical (unpaired) electrons. The topological polar surface area (TPSA) is 84.2 Å². The van der Waals surface area contributed by atoms with Gasteiger partial charge in [0.25, 0.3) is 5.91 Å². The van der Waals surface area contributed by atoms with E-state index in [9.17, 15) is 14.7 Å². The highest BCUT2D eigenvalue weighted by molar-refractivity contribution is 5.94. The molecule has 1 aromatic rings. The second-order valence-electron chi connectivity index (χ2n) is 5.25. The van der Waals surface area contributed by atoms with Gasteiger partial charge in [0.15, 0.2) is 0 Å². The van der Waals surface area contributed by atoms with Gasteiger partial charge >= 0.3 is 5.97 Å². The van der Waals surface area contributed by atoms with Gasteiger partial charge < -0.3 is 10.4 Å². The van der Waals surface area contributed by atoms with Crippen molar-refractivity contribution in [3.8, 4) is 0 Å². The minimum absolute atomic E-state index is 0.233. The molecule has 1 amide bonds. The number of aliphatic carboxylic acids is 1. The largest absolute Gasteiger partial charge is 0.481 e. The molecule has 20 heavy (non-hydrogen) atoms. The number of amides is 1. The van der Waals surface area contributed by atoms with Gasteiger partial charge in [0, 0.05) is 18.8 Å². The number of nitrogens with one attached hydrogen (secondary N) is 1. The van der Waals surface area contributed by atoms with Crippen molar-refractivity contribution in [1.29, 1.82) is 0 Å². The zero-order valence-electron chi connectivity index (χ0n) is 11.7. The fourth-order valence-corrected chi connectivity index (χ4v) is 2.68. The molecular weight excluding hydrogens is 258 g/mol. The van der Waals surface area contributed by atoms with Crippen LogP contribution in [0.3, 0.4) is 0 Å². The van der Waals surface area contributed by atoms with E-state index in [-0.39, 0.29) is 11.9 Å². The predicted octanol–water partition coefficient (Wildman–Crippen LogP) is 1.67. The highest BCUT2D eigenvalue weighted by atomic mass is 16.4. The molecule has 1 saturated carbocycles. The highest BCUT2D eigenvalue weighted by Crippen LogP contribution is 2.24. The maximum atomic E-state index is 12.2. The summed E-state index contributed by atoms with van der Waals surface area (Å²) in [4.78, 5) is 23.5. The lowest BCUT2D eigenvalue weighted by Crippen LogP contribution is -2.42. The van der Waals surface area contributed by atoms with Crippen molar-refractivity contribution in [2.45, 2.75) is 51.6 Å². The molecule has 2 atom stereocenters. The smallest absolute Gasteiger partial charge is 0.308 e. The fourth-order valence-electron chi connectivity index (χ4n) is 2.68. The normalized spacial score (nSPS) is 23.1. The number of hydrogen-bond donors (Lipinski definition) is 2. The lowest BCUT2D eigenvalue weighted by Gasteiger charge is -2.22. The molecule has 1 aromatic heterocycles. The Labute approximate surface area is 118 Å². The summed E-state index contributed by atoms with van der Waals surface area (Å²) in [6, 6.07) is -0.285. The van der Waals surface area contributed by atoms with Crippen LogP contribution in [-0.4, -0.2) is 32.8 Å². The first-order chi connectivity index (χ1) is 9.61. The van der Waals surface area contributed by atoms with E-state index in [2.05, 4.69) is 10.4 Å². The first kappa shape index (κ1) is 14.6. The van der Waals surface area contributed by atoms with Gasteiger partial charge in [-0.2, -0.15) is 5.10 Å². The van der Waals surface area contributed by atoms with E-state index in [4.69, 9.17) is 0 Å². The summed E-state index contributed by atoms with van der Waals surface area (Å²) in [6.07, 6.45) is 7.47. The van der Waals surface area contributed by atoms with Gasteiger partial charge in [0.2, 0.25) is 0 Å². The van der Waals surface area contributed by atoms with Crippen molar-refractivity contribution in [2.24, 2.45) is 5.92 Å². The fraction of sp³-hybridized carbons (Fsp3) is 0.643. The number of aryl methyl sites for hydroxylation is 1. The second-order valence-corrected chi connectivity index (χ2v) is 5.25. The summed E-state index contributed by atoms with van der Waals surface area (Å²) in [5.74, 6) is -1.54. The number of carbonyl (C=O) groups excluding carboxylic acids is 1. The van der Waals surface area contributed by atoms with Crippen molar-refractivity contribution < 1.29 is 14.7 Å². The zero-order chi connectivity index (χ0) is 14.5. The first-order valence-corrected chi connectivity index (χ1v) is 7.18. The summed E-state index contributed by atoms with van der Waals surface area (Å²) in [5, 5.41) is 16.2. The maximum absolute atomic E-state index is 12.2. The van der Waals surface area contributed by atoms with Gasteiger partial charge in [-0.1, -0.05) is 19.3 Å². The molecule has 0 bridgehead atoms. The van der Waals surface area contributed by atoms with E-state index in [0.717, 1.165) is 25.7 Å². The van der Waals surface area contributed by atoms with Gasteiger partial charge in [-0.15, -0.1) is 0 Å². The van der Waals surface area contributed by atoms with Crippen LogP contribution in [0.25, 0.3) is 0 Å². The van der Waals surface area contributed by atoms with Crippen LogP contribution in [-0.2, 0) is 11.3 Å². The van der Waals surface area contributed by atoms with E-state index in [0.29, 0.717) is 18.5 Å². The second kappa shape index (κ2) is 6.54. The Bertz CT molecular complexity index is 484. The summed E-state index contributed by atoms with van der Waals surface area (Å²) in [6.45, 7) is 2.65. The molecule has 0 aromatic carbocycles. The molecule has 0 spiro atoms. The Hall–Kier alpha value is -1.85. The number of aromatic nitrogens is 2. The summed E-state index contributed by atoms with van der Waals surface area (Å²) in [5.41, 5.74) is 0.486. The molecule has 110 valence electrons. The van der Waals surface area contributed by atoms with Gasteiger partial charge in [0.1, 0.15) is 0 Å². The third-order valence-corrected chi connectivity index (χ3v) is 3.87. The van der Waals surface area contributed by atoms with Crippen LogP contribution in [0, 0.1) is 5.92 Å². The number of nitrogens with zero attached hydrogens (tertiary/aromatic N) is 2. The average molecular weight is 279 g/mol. The van der Waals surface area contributed by atoms with Crippen molar-refractivity contribution in [3.63, 3.8) is 0 Å². The molecule has 1 aliphatic rings. The quantitative estimate of drug-likeness (QED) is 0.821.